The molecule has 2 aromatic carbocycles. The number of hydrogen-bond acceptors (Lipinski definition) is 5. The molecule has 1 aromatic heterocycles. The fraction of sp³-hybridized carbons (Fsp3) is 0.346. The first-order chi connectivity index (χ1) is 16.5. The number of aliphatic hydroxyl groups excluding tert-OH is 1. The lowest BCUT2D eigenvalue weighted by Crippen LogP contribution is -2.53. The number of likely N-dealkylation sites (tertiary alicyclic amines) is 1. The van der Waals surface area contributed by atoms with Gasteiger partial charge in [-0.3, -0.25) is 14.6 Å². The second kappa shape index (κ2) is 10.1. The zero-order chi connectivity index (χ0) is 23.7. The highest BCUT2D eigenvalue weighted by atomic mass is 35.5. The summed E-state index contributed by atoms with van der Waals surface area (Å²) in [6.45, 7) is 5.08. The minimum atomic E-state index is -0.546. The number of carbonyl (C=O) groups excluding carboxylic acids is 1. The highest BCUT2D eigenvalue weighted by Gasteiger charge is 2.38. The Morgan fingerprint density at radius 3 is 2.21 bits per heavy atom. The molecule has 2 aliphatic heterocycles. The maximum atomic E-state index is 12.8. The molecule has 8 heteroatoms. The molecule has 0 spiro atoms. The Kier molecular flexibility index (Phi) is 6.95. The van der Waals surface area contributed by atoms with Gasteiger partial charge in [0.1, 0.15) is 11.5 Å². The van der Waals surface area contributed by atoms with E-state index < -0.39 is 6.10 Å². The van der Waals surface area contributed by atoms with Crippen molar-refractivity contribution < 1.29 is 14.3 Å². The van der Waals surface area contributed by atoms with Crippen molar-refractivity contribution in [1.29, 1.82) is 0 Å². The summed E-state index contributed by atoms with van der Waals surface area (Å²) in [6, 6.07) is 18.5. The first-order valence-electron chi connectivity index (χ1n) is 11.5. The topological polar surface area (TPSA) is 60.2 Å². The summed E-state index contributed by atoms with van der Waals surface area (Å²) in [5, 5.41) is 12.0. The van der Waals surface area contributed by atoms with Crippen molar-refractivity contribution in [3.8, 4) is 11.3 Å². The van der Waals surface area contributed by atoms with E-state index in [9.17, 15) is 9.90 Å². The quantitative estimate of drug-likeness (QED) is 0.568. The highest BCUT2D eigenvalue weighted by molar-refractivity contribution is 6.30. The molecule has 5 rings (SSSR count). The molecule has 0 unspecified atom stereocenters. The van der Waals surface area contributed by atoms with Crippen LogP contribution in [0.4, 0.5) is 0 Å². The monoisotopic (exact) mass is 499 g/mol. The van der Waals surface area contributed by atoms with Gasteiger partial charge in [-0.25, -0.2) is 0 Å². The van der Waals surface area contributed by atoms with Crippen LogP contribution in [-0.4, -0.2) is 77.1 Å². The third kappa shape index (κ3) is 5.16. The normalized spacial score (nSPS) is 21.8. The number of piperazine rings is 1. The molecule has 2 atom stereocenters. The fourth-order valence-electron chi connectivity index (χ4n) is 4.77. The lowest BCUT2D eigenvalue weighted by Gasteiger charge is -2.38. The molecular formula is C26H27Cl2N3O3. The Labute approximate surface area is 209 Å². The second-order valence-corrected chi connectivity index (χ2v) is 9.81. The van der Waals surface area contributed by atoms with Crippen LogP contribution in [0.15, 0.2) is 65.1 Å². The number of furan rings is 1. The second-order valence-electron chi connectivity index (χ2n) is 8.94. The number of benzene rings is 2. The molecule has 1 amide bonds. The van der Waals surface area contributed by atoms with Crippen LogP contribution in [0.1, 0.15) is 16.1 Å². The lowest BCUT2D eigenvalue weighted by molar-refractivity contribution is 0.0406. The predicted octanol–water partition coefficient (Wildman–Crippen LogP) is 4.26. The summed E-state index contributed by atoms with van der Waals surface area (Å²) in [7, 11) is 0. The van der Waals surface area contributed by atoms with Gasteiger partial charge in [0.05, 0.1) is 18.7 Å². The minimum Gasteiger partial charge on any atom is -0.460 e. The summed E-state index contributed by atoms with van der Waals surface area (Å²) in [4.78, 5) is 19.2. The summed E-state index contributed by atoms with van der Waals surface area (Å²) in [6.07, 6.45) is -0.546. The Hall–Kier alpha value is -2.35. The van der Waals surface area contributed by atoms with Crippen LogP contribution in [0.3, 0.4) is 0 Å². The van der Waals surface area contributed by atoms with Crippen LogP contribution >= 0.6 is 23.2 Å². The van der Waals surface area contributed by atoms with E-state index in [1.54, 1.807) is 29.2 Å². The molecular weight excluding hydrogens is 473 g/mol. The molecule has 0 radical (unpaired) electrons. The number of aliphatic hydroxyl groups is 1. The van der Waals surface area contributed by atoms with Crippen molar-refractivity contribution >= 4 is 29.1 Å². The molecule has 34 heavy (non-hydrogen) atoms. The third-order valence-electron chi connectivity index (χ3n) is 6.68. The van der Waals surface area contributed by atoms with Gasteiger partial charge in [-0.1, -0.05) is 23.2 Å². The van der Waals surface area contributed by atoms with Crippen LogP contribution in [0.5, 0.6) is 0 Å². The molecule has 2 aliphatic rings. The van der Waals surface area contributed by atoms with Gasteiger partial charge in [-0.05, 0) is 60.7 Å². The average molecular weight is 500 g/mol. The minimum absolute atomic E-state index is 0.0430. The third-order valence-corrected chi connectivity index (χ3v) is 7.19. The number of hydrogen-bond donors (Lipinski definition) is 1. The van der Waals surface area contributed by atoms with Crippen molar-refractivity contribution in [3.63, 3.8) is 0 Å². The molecule has 3 aromatic rings. The summed E-state index contributed by atoms with van der Waals surface area (Å²) in [5.74, 6) is 1.70. The van der Waals surface area contributed by atoms with Gasteiger partial charge in [0.2, 0.25) is 0 Å². The zero-order valence-electron chi connectivity index (χ0n) is 18.7. The van der Waals surface area contributed by atoms with E-state index >= 15 is 0 Å². The van der Waals surface area contributed by atoms with Crippen molar-refractivity contribution in [1.82, 2.24) is 14.7 Å². The molecule has 2 saturated heterocycles. The summed E-state index contributed by atoms with van der Waals surface area (Å²) >= 11 is 11.9. The molecule has 6 nitrogen and oxygen atoms in total. The van der Waals surface area contributed by atoms with Crippen LogP contribution < -0.4 is 0 Å². The Morgan fingerprint density at radius 2 is 1.53 bits per heavy atom. The summed E-state index contributed by atoms with van der Waals surface area (Å²) < 4.78 is 6.06. The van der Waals surface area contributed by atoms with Crippen LogP contribution in [0.2, 0.25) is 10.0 Å². The highest BCUT2D eigenvalue weighted by Crippen LogP contribution is 2.25. The molecule has 0 saturated carbocycles. The van der Waals surface area contributed by atoms with E-state index in [4.69, 9.17) is 27.6 Å². The largest absolute Gasteiger partial charge is 0.460 e. The van der Waals surface area contributed by atoms with Gasteiger partial charge >= 0.3 is 0 Å². The van der Waals surface area contributed by atoms with Gasteiger partial charge in [-0.15, -0.1) is 0 Å². The van der Waals surface area contributed by atoms with Crippen LogP contribution in [-0.2, 0) is 6.54 Å². The van der Waals surface area contributed by atoms with E-state index in [2.05, 4.69) is 9.80 Å². The van der Waals surface area contributed by atoms with Crippen LogP contribution in [0, 0.1) is 0 Å². The molecule has 3 heterocycles. The standard InChI is InChI=1S/C26H27Cl2N3O3/c27-20-5-1-18(2-6-20)25-10-9-22(34-25)15-29-11-13-30(14-12-29)23-16-31(17-24(23)32)26(33)19-3-7-21(28)8-4-19/h1-10,23-24,32H,11-17H2/t23-,24-/m0/s1. The lowest BCUT2D eigenvalue weighted by atomic mass is 10.1. The first-order valence-corrected chi connectivity index (χ1v) is 12.3. The fourth-order valence-corrected chi connectivity index (χ4v) is 5.03. The number of nitrogens with zero attached hydrogens (tertiary/aromatic N) is 3. The maximum Gasteiger partial charge on any atom is 0.253 e. The van der Waals surface area contributed by atoms with Crippen molar-refractivity contribution in [2.24, 2.45) is 0 Å². The average Bonchev–Trinajstić information content (AvgIpc) is 3.47. The van der Waals surface area contributed by atoms with E-state index in [1.165, 1.54) is 0 Å². The number of β-amino-alcohol motifs (C(OH)–C–C–N with tert-alkyl or cyclic N) is 1. The zero-order valence-corrected chi connectivity index (χ0v) is 20.3. The molecule has 2 fully saturated rings. The maximum absolute atomic E-state index is 12.8. The Balaban J connectivity index is 1.14. The van der Waals surface area contributed by atoms with E-state index in [0.717, 1.165) is 49.8 Å². The number of amides is 1. The van der Waals surface area contributed by atoms with Crippen molar-refractivity contribution in [2.75, 3.05) is 39.3 Å². The van der Waals surface area contributed by atoms with Crippen LogP contribution in [0.25, 0.3) is 11.3 Å². The smallest absolute Gasteiger partial charge is 0.253 e. The van der Waals surface area contributed by atoms with Gasteiger partial charge in [0.15, 0.2) is 0 Å². The van der Waals surface area contributed by atoms with Gasteiger partial charge in [0.25, 0.3) is 5.91 Å². The predicted molar refractivity (Wildman–Crippen MR) is 133 cm³/mol. The number of halogens is 2. The summed E-state index contributed by atoms with van der Waals surface area (Å²) in [5.41, 5.74) is 1.60. The molecule has 178 valence electrons. The van der Waals surface area contributed by atoms with Gasteiger partial charge in [-0.2, -0.15) is 0 Å². The Morgan fingerprint density at radius 1 is 0.882 bits per heavy atom. The van der Waals surface area contributed by atoms with E-state index in [-0.39, 0.29) is 11.9 Å². The van der Waals surface area contributed by atoms with Gasteiger partial charge in [0, 0.05) is 60.4 Å². The van der Waals surface area contributed by atoms with Crippen molar-refractivity contribution in [2.45, 2.75) is 18.7 Å². The van der Waals surface area contributed by atoms with E-state index in [0.29, 0.717) is 28.7 Å². The molecule has 1 N–H and O–H groups in total. The first kappa shape index (κ1) is 23.4. The van der Waals surface area contributed by atoms with Gasteiger partial charge < -0.3 is 14.4 Å². The molecule has 0 bridgehead atoms. The number of rotatable bonds is 5. The van der Waals surface area contributed by atoms with Crippen molar-refractivity contribution in [3.05, 3.63) is 82.0 Å². The van der Waals surface area contributed by atoms with E-state index in [1.807, 2.05) is 36.4 Å². The number of carbonyl (C=O) groups is 1. The Bertz CT molecular complexity index is 1120. The molecule has 0 aliphatic carbocycles. The SMILES string of the molecule is O=C(c1ccc(Cl)cc1)N1C[C@H](O)[C@@H](N2CCN(Cc3ccc(-c4ccc(Cl)cc4)o3)CC2)C1.